The van der Waals surface area contributed by atoms with Crippen LogP contribution >= 0.6 is 11.8 Å². The molecule has 2 aromatic carbocycles. The average Bonchev–Trinajstić information content (AvgIpc) is 3.04. The lowest BCUT2D eigenvalue weighted by atomic mass is 10.2. The van der Waals surface area contributed by atoms with E-state index in [-0.39, 0.29) is 11.7 Å². The molecule has 0 saturated heterocycles. The molecule has 128 valence electrons. The zero-order valence-electron chi connectivity index (χ0n) is 13.8. The first kappa shape index (κ1) is 17.0. The van der Waals surface area contributed by atoms with Crippen LogP contribution in [-0.2, 0) is 11.3 Å². The first-order chi connectivity index (χ1) is 12.2. The van der Waals surface area contributed by atoms with Crippen LogP contribution in [0.4, 0.5) is 11.4 Å². The number of anilines is 2. The van der Waals surface area contributed by atoms with E-state index in [0.717, 1.165) is 17.1 Å². The van der Waals surface area contributed by atoms with Crippen molar-refractivity contribution in [3.05, 3.63) is 54.6 Å². The number of nitrogens with zero attached hydrogens (tertiary/aromatic N) is 3. The minimum atomic E-state index is -0.0765. The van der Waals surface area contributed by atoms with Gasteiger partial charge in [-0.05, 0) is 31.2 Å². The van der Waals surface area contributed by atoms with Gasteiger partial charge in [0.15, 0.2) is 11.0 Å². The van der Waals surface area contributed by atoms with Gasteiger partial charge >= 0.3 is 0 Å². The fourth-order valence-electron chi connectivity index (χ4n) is 2.42. The molecule has 25 heavy (non-hydrogen) atoms. The lowest BCUT2D eigenvalue weighted by molar-refractivity contribution is -0.113. The second-order valence-electron chi connectivity index (χ2n) is 5.38. The minimum absolute atomic E-state index is 0.0765. The van der Waals surface area contributed by atoms with E-state index >= 15 is 0 Å². The molecule has 0 atom stereocenters. The Morgan fingerprint density at radius 3 is 2.68 bits per heavy atom. The van der Waals surface area contributed by atoms with E-state index in [0.29, 0.717) is 17.4 Å². The zero-order chi connectivity index (χ0) is 17.6. The van der Waals surface area contributed by atoms with Gasteiger partial charge < -0.3 is 15.6 Å². The number of hydrogen-bond donors (Lipinski definition) is 2. The molecule has 0 aliphatic carbocycles. The van der Waals surface area contributed by atoms with Crippen molar-refractivity contribution in [3.8, 4) is 11.4 Å². The first-order valence-corrected chi connectivity index (χ1v) is 8.92. The maximum atomic E-state index is 12.1. The molecule has 7 heteroatoms. The van der Waals surface area contributed by atoms with Gasteiger partial charge in [-0.1, -0.05) is 42.1 Å². The van der Waals surface area contributed by atoms with Crippen LogP contribution in [0.5, 0.6) is 0 Å². The Morgan fingerprint density at radius 1 is 1.16 bits per heavy atom. The lowest BCUT2D eigenvalue weighted by Gasteiger charge is -2.08. The SMILES string of the molecule is CCn1c(SCC(=O)Nc2ccccc2)nnc1-c1cccc(N)c1. The molecule has 3 rings (SSSR count). The maximum absolute atomic E-state index is 12.1. The third kappa shape index (κ3) is 4.19. The van der Waals surface area contributed by atoms with Crippen molar-refractivity contribution in [2.45, 2.75) is 18.6 Å². The van der Waals surface area contributed by atoms with E-state index in [1.807, 2.05) is 66.1 Å². The van der Waals surface area contributed by atoms with Gasteiger partial charge in [0.05, 0.1) is 5.75 Å². The summed E-state index contributed by atoms with van der Waals surface area (Å²) in [5, 5.41) is 12.1. The summed E-state index contributed by atoms with van der Waals surface area (Å²) in [5.41, 5.74) is 8.23. The standard InChI is InChI=1S/C18H19N5OS/c1-2-23-17(13-7-6-8-14(19)11-13)21-22-18(23)25-12-16(24)20-15-9-4-3-5-10-15/h3-11H,2,12,19H2,1H3,(H,20,24). The number of hydrogen-bond acceptors (Lipinski definition) is 5. The second kappa shape index (κ2) is 7.85. The lowest BCUT2D eigenvalue weighted by Crippen LogP contribution is -2.14. The minimum Gasteiger partial charge on any atom is -0.399 e. The van der Waals surface area contributed by atoms with E-state index in [1.54, 1.807) is 0 Å². The fraction of sp³-hybridized carbons (Fsp3) is 0.167. The number of amides is 1. The van der Waals surface area contributed by atoms with E-state index in [1.165, 1.54) is 11.8 Å². The van der Waals surface area contributed by atoms with Crippen LogP contribution in [0.1, 0.15) is 6.92 Å². The van der Waals surface area contributed by atoms with E-state index in [2.05, 4.69) is 15.5 Å². The number of nitrogens with two attached hydrogens (primary N) is 1. The van der Waals surface area contributed by atoms with Gasteiger partial charge in [0.1, 0.15) is 0 Å². The second-order valence-corrected chi connectivity index (χ2v) is 6.32. The van der Waals surface area contributed by atoms with Crippen molar-refractivity contribution in [1.82, 2.24) is 14.8 Å². The van der Waals surface area contributed by atoms with Crippen LogP contribution in [0.2, 0.25) is 0 Å². The number of benzene rings is 2. The Balaban J connectivity index is 1.70. The summed E-state index contributed by atoms with van der Waals surface area (Å²) in [6.07, 6.45) is 0. The van der Waals surface area contributed by atoms with Crippen LogP contribution in [-0.4, -0.2) is 26.4 Å². The molecule has 0 spiro atoms. The normalized spacial score (nSPS) is 10.6. The molecule has 0 aliphatic rings. The highest BCUT2D eigenvalue weighted by molar-refractivity contribution is 7.99. The van der Waals surface area contributed by atoms with Gasteiger partial charge in [0.25, 0.3) is 0 Å². The van der Waals surface area contributed by atoms with Crippen molar-refractivity contribution in [1.29, 1.82) is 0 Å². The van der Waals surface area contributed by atoms with Crippen LogP contribution < -0.4 is 11.1 Å². The fourth-order valence-corrected chi connectivity index (χ4v) is 3.22. The molecule has 0 bridgehead atoms. The summed E-state index contributed by atoms with van der Waals surface area (Å²) < 4.78 is 1.98. The molecular formula is C18H19N5OS. The van der Waals surface area contributed by atoms with E-state index in [4.69, 9.17) is 5.73 Å². The van der Waals surface area contributed by atoms with Crippen molar-refractivity contribution < 1.29 is 4.79 Å². The molecule has 3 N–H and O–H groups in total. The number of nitrogen functional groups attached to an aromatic ring is 1. The third-order valence-electron chi connectivity index (χ3n) is 3.57. The summed E-state index contributed by atoms with van der Waals surface area (Å²) in [4.78, 5) is 12.1. The number of rotatable bonds is 6. The van der Waals surface area contributed by atoms with Crippen molar-refractivity contribution in [2.75, 3.05) is 16.8 Å². The number of aromatic nitrogens is 3. The Labute approximate surface area is 150 Å². The van der Waals surface area contributed by atoms with Gasteiger partial charge in [0, 0.05) is 23.5 Å². The Hall–Kier alpha value is -2.80. The van der Waals surface area contributed by atoms with Crippen LogP contribution in [0.25, 0.3) is 11.4 Å². The molecule has 0 aliphatic heterocycles. The smallest absolute Gasteiger partial charge is 0.234 e. The monoisotopic (exact) mass is 353 g/mol. The van der Waals surface area contributed by atoms with Crippen molar-refractivity contribution in [2.24, 2.45) is 0 Å². The Kier molecular flexibility index (Phi) is 5.35. The number of carbonyl (C=O) groups excluding carboxylic acids is 1. The average molecular weight is 353 g/mol. The zero-order valence-corrected chi connectivity index (χ0v) is 14.7. The van der Waals surface area contributed by atoms with Crippen LogP contribution in [0.3, 0.4) is 0 Å². The summed E-state index contributed by atoms with van der Waals surface area (Å²) in [6, 6.07) is 16.9. The highest BCUT2D eigenvalue weighted by Crippen LogP contribution is 2.25. The Bertz CT molecular complexity index is 863. The predicted molar refractivity (Wildman–Crippen MR) is 101 cm³/mol. The van der Waals surface area contributed by atoms with Gasteiger partial charge in [-0.15, -0.1) is 10.2 Å². The van der Waals surface area contributed by atoms with Gasteiger partial charge in [-0.3, -0.25) is 4.79 Å². The molecule has 1 heterocycles. The Morgan fingerprint density at radius 2 is 1.96 bits per heavy atom. The van der Waals surface area contributed by atoms with E-state index in [9.17, 15) is 4.79 Å². The number of thioether (sulfide) groups is 1. The molecule has 0 saturated carbocycles. The molecule has 1 aromatic heterocycles. The molecular weight excluding hydrogens is 334 g/mol. The highest BCUT2D eigenvalue weighted by Gasteiger charge is 2.14. The number of para-hydroxylation sites is 1. The van der Waals surface area contributed by atoms with Gasteiger partial charge in [0.2, 0.25) is 5.91 Å². The van der Waals surface area contributed by atoms with Crippen LogP contribution in [0, 0.1) is 0 Å². The molecule has 0 radical (unpaired) electrons. The largest absolute Gasteiger partial charge is 0.399 e. The number of carbonyl (C=O) groups is 1. The molecule has 0 fully saturated rings. The highest BCUT2D eigenvalue weighted by atomic mass is 32.2. The summed E-state index contributed by atoms with van der Waals surface area (Å²) in [6.45, 7) is 2.73. The first-order valence-electron chi connectivity index (χ1n) is 7.94. The third-order valence-corrected chi connectivity index (χ3v) is 4.53. The molecule has 6 nitrogen and oxygen atoms in total. The molecule has 3 aromatic rings. The maximum Gasteiger partial charge on any atom is 0.234 e. The van der Waals surface area contributed by atoms with Crippen LogP contribution in [0.15, 0.2) is 59.8 Å². The molecule has 0 unspecified atom stereocenters. The predicted octanol–water partition coefficient (Wildman–Crippen LogP) is 3.28. The van der Waals surface area contributed by atoms with E-state index < -0.39 is 0 Å². The van der Waals surface area contributed by atoms with Gasteiger partial charge in [-0.2, -0.15) is 0 Å². The summed E-state index contributed by atoms with van der Waals surface area (Å²) in [5.74, 6) is 0.942. The summed E-state index contributed by atoms with van der Waals surface area (Å²) in [7, 11) is 0. The number of nitrogens with one attached hydrogen (secondary N) is 1. The quantitative estimate of drug-likeness (QED) is 0.525. The summed E-state index contributed by atoms with van der Waals surface area (Å²) >= 11 is 1.36. The topological polar surface area (TPSA) is 85.8 Å². The molecule has 1 amide bonds. The van der Waals surface area contributed by atoms with Crippen molar-refractivity contribution in [3.63, 3.8) is 0 Å². The van der Waals surface area contributed by atoms with Crippen molar-refractivity contribution >= 4 is 29.0 Å². The van der Waals surface area contributed by atoms with Gasteiger partial charge in [-0.25, -0.2) is 0 Å².